The van der Waals surface area contributed by atoms with E-state index in [0.717, 1.165) is 16.2 Å². The first-order valence-electron chi connectivity index (χ1n) is 7.99. The van der Waals surface area contributed by atoms with E-state index >= 15 is 0 Å². The second-order valence-electron chi connectivity index (χ2n) is 5.50. The summed E-state index contributed by atoms with van der Waals surface area (Å²) in [5, 5.41) is 4.98. The molecule has 0 fully saturated rings. The van der Waals surface area contributed by atoms with Gasteiger partial charge in [0.1, 0.15) is 5.82 Å². The van der Waals surface area contributed by atoms with Gasteiger partial charge in [-0.2, -0.15) is 0 Å². The lowest BCUT2D eigenvalue weighted by atomic mass is 10.1. The van der Waals surface area contributed by atoms with Crippen LogP contribution in [0.4, 0.5) is 4.39 Å². The normalized spacial score (nSPS) is 10.6. The first kappa shape index (κ1) is 17.7. The van der Waals surface area contributed by atoms with E-state index in [1.54, 1.807) is 29.2 Å². The molecule has 1 amide bonds. The average molecular weight is 372 g/mol. The van der Waals surface area contributed by atoms with Gasteiger partial charge >= 0.3 is 0 Å². The van der Waals surface area contributed by atoms with Crippen molar-refractivity contribution >= 4 is 29.0 Å². The number of amides is 1. The summed E-state index contributed by atoms with van der Waals surface area (Å²) in [6.07, 6.45) is 0.605. The molecule has 0 aliphatic rings. The van der Waals surface area contributed by atoms with Gasteiger partial charge in [0, 0.05) is 22.1 Å². The first-order valence-corrected chi connectivity index (χ1v) is 9.86. The molecule has 0 bridgehead atoms. The Hall–Kier alpha value is -2.11. The van der Waals surface area contributed by atoms with Gasteiger partial charge in [0.25, 0.3) is 5.91 Å². The van der Waals surface area contributed by atoms with E-state index in [9.17, 15) is 9.18 Å². The quantitative estimate of drug-likeness (QED) is 0.582. The smallest absolute Gasteiger partial charge is 0.252 e. The van der Waals surface area contributed by atoms with Crippen LogP contribution in [0.15, 0.2) is 70.9 Å². The molecule has 0 atom stereocenters. The summed E-state index contributed by atoms with van der Waals surface area (Å²) in [6.45, 7) is 0.478. The zero-order valence-electron chi connectivity index (χ0n) is 13.6. The summed E-state index contributed by atoms with van der Waals surface area (Å²) >= 11 is 3.38. The second kappa shape index (κ2) is 8.83. The Labute approximate surface area is 155 Å². The van der Waals surface area contributed by atoms with Gasteiger partial charge in [0.05, 0.1) is 5.56 Å². The maximum absolute atomic E-state index is 13.2. The van der Waals surface area contributed by atoms with Crippen molar-refractivity contribution in [3.8, 4) is 0 Å². The number of thioether (sulfide) groups is 1. The maximum atomic E-state index is 13.2. The molecule has 2 aromatic carbocycles. The van der Waals surface area contributed by atoms with Crippen LogP contribution in [0.1, 0.15) is 20.8 Å². The molecule has 0 saturated heterocycles. The number of carbonyl (C=O) groups excluding carboxylic acids is 1. The Bertz CT molecular complexity index is 833. The lowest BCUT2D eigenvalue weighted by molar-refractivity contribution is 0.0951. The van der Waals surface area contributed by atoms with Crippen LogP contribution in [0.25, 0.3) is 0 Å². The van der Waals surface area contributed by atoms with E-state index in [4.69, 9.17) is 0 Å². The summed E-state index contributed by atoms with van der Waals surface area (Å²) in [6, 6.07) is 18.2. The first-order chi connectivity index (χ1) is 12.2. The number of nitrogens with one attached hydrogen (secondary N) is 1. The van der Waals surface area contributed by atoms with Gasteiger partial charge in [0.2, 0.25) is 0 Å². The summed E-state index contributed by atoms with van der Waals surface area (Å²) in [7, 11) is 0. The SMILES string of the molecule is O=C(NCCc1cccc(F)c1)c1ccccc1SCc1cccs1. The van der Waals surface area contributed by atoms with Crippen molar-refractivity contribution in [1.82, 2.24) is 5.32 Å². The highest BCUT2D eigenvalue weighted by molar-refractivity contribution is 7.98. The van der Waals surface area contributed by atoms with E-state index in [1.165, 1.54) is 17.0 Å². The average Bonchev–Trinajstić information content (AvgIpc) is 3.14. The van der Waals surface area contributed by atoms with E-state index in [-0.39, 0.29) is 11.7 Å². The minimum absolute atomic E-state index is 0.0920. The number of benzene rings is 2. The van der Waals surface area contributed by atoms with Gasteiger partial charge < -0.3 is 5.32 Å². The van der Waals surface area contributed by atoms with E-state index < -0.39 is 0 Å². The van der Waals surface area contributed by atoms with Crippen LogP contribution in [-0.4, -0.2) is 12.5 Å². The summed E-state index contributed by atoms with van der Waals surface area (Å²) in [5.74, 6) is 0.510. The van der Waals surface area contributed by atoms with Gasteiger partial charge in [-0.15, -0.1) is 23.1 Å². The molecular formula is C20H18FNOS2. The molecule has 1 heterocycles. The molecule has 3 aromatic rings. The van der Waals surface area contributed by atoms with E-state index in [1.807, 2.05) is 36.4 Å². The number of carbonyl (C=O) groups is 1. The predicted molar refractivity (Wildman–Crippen MR) is 103 cm³/mol. The maximum Gasteiger partial charge on any atom is 0.252 e. The lowest BCUT2D eigenvalue weighted by Gasteiger charge is -2.10. The topological polar surface area (TPSA) is 29.1 Å². The zero-order chi connectivity index (χ0) is 17.5. The van der Waals surface area contributed by atoms with Gasteiger partial charge in [0.15, 0.2) is 0 Å². The lowest BCUT2D eigenvalue weighted by Crippen LogP contribution is -2.26. The molecule has 5 heteroatoms. The third-order valence-corrected chi connectivity index (χ3v) is 5.85. The fourth-order valence-electron chi connectivity index (χ4n) is 2.43. The van der Waals surface area contributed by atoms with Gasteiger partial charge in [-0.25, -0.2) is 4.39 Å². The van der Waals surface area contributed by atoms with Crippen LogP contribution in [0.5, 0.6) is 0 Å². The van der Waals surface area contributed by atoms with Crippen molar-refractivity contribution in [2.75, 3.05) is 6.54 Å². The predicted octanol–water partition coefficient (Wildman–Crippen LogP) is 5.15. The van der Waals surface area contributed by atoms with Crippen LogP contribution < -0.4 is 5.32 Å². The Kier molecular flexibility index (Phi) is 6.25. The zero-order valence-corrected chi connectivity index (χ0v) is 15.2. The number of hydrogen-bond donors (Lipinski definition) is 1. The summed E-state index contributed by atoms with van der Waals surface area (Å²) in [5.41, 5.74) is 1.56. The Morgan fingerprint density at radius 1 is 1.08 bits per heavy atom. The molecule has 0 aliphatic carbocycles. The highest BCUT2D eigenvalue weighted by Crippen LogP contribution is 2.27. The number of thiophene rings is 1. The van der Waals surface area contributed by atoms with E-state index in [0.29, 0.717) is 18.5 Å². The Morgan fingerprint density at radius 3 is 2.76 bits per heavy atom. The molecule has 0 radical (unpaired) electrons. The molecule has 1 N–H and O–H groups in total. The number of halogens is 1. The molecule has 128 valence electrons. The molecule has 3 rings (SSSR count). The van der Waals surface area contributed by atoms with Crippen LogP contribution in [0, 0.1) is 5.82 Å². The minimum atomic E-state index is -0.251. The van der Waals surface area contributed by atoms with Crippen molar-refractivity contribution in [1.29, 1.82) is 0 Å². The second-order valence-corrected chi connectivity index (χ2v) is 7.55. The van der Waals surface area contributed by atoms with Gasteiger partial charge in [-0.05, 0) is 47.7 Å². The number of hydrogen-bond acceptors (Lipinski definition) is 3. The van der Waals surface area contributed by atoms with Crippen molar-refractivity contribution in [2.24, 2.45) is 0 Å². The fourth-order valence-corrected chi connectivity index (χ4v) is 4.25. The molecular weight excluding hydrogens is 353 g/mol. The van der Waals surface area contributed by atoms with Crippen molar-refractivity contribution in [3.63, 3.8) is 0 Å². The molecule has 1 aromatic heterocycles. The summed E-state index contributed by atoms with van der Waals surface area (Å²) in [4.78, 5) is 14.7. The molecule has 0 unspecified atom stereocenters. The van der Waals surface area contributed by atoms with Crippen LogP contribution in [-0.2, 0) is 12.2 Å². The molecule has 2 nitrogen and oxygen atoms in total. The van der Waals surface area contributed by atoms with E-state index in [2.05, 4.69) is 16.8 Å². The fraction of sp³-hybridized carbons (Fsp3) is 0.150. The van der Waals surface area contributed by atoms with Crippen LogP contribution in [0.2, 0.25) is 0 Å². The van der Waals surface area contributed by atoms with Crippen molar-refractivity contribution in [2.45, 2.75) is 17.1 Å². The standard InChI is InChI=1S/C20H18FNOS2/c21-16-6-3-5-15(13-16)10-11-22-20(23)18-8-1-2-9-19(18)25-14-17-7-4-12-24-17/h1-9,12-13H,10-11,14H2,(H,22,23). The van der Waals surface area contributed by atoms with Gasteiger partial charge in [-0.1, -0.05) is 30.3 Å². The Balaban J connectivity index is 1.58. The van der Waals surface area contributed by atoms with Gasteiger partial charge in [-0.3, -0.25) is 4.79 Å². The van der Waals surface area contributed by atoms with Crippen LogP contribution in [0.3, 0.4) is 0 Å². The highest BCUT2D eigenvalue weighted by Gasteiger charge is 2.11. The Morgan fingerprint density at radius 2 is 1.96 bits per heavy atom. The number of rotatable bonds is 7. The third-order valence-electron chi connectivity index (χ3n) is 3.67. The highest BCUT2D eigenvalue weighted by atomic mass is 32.2. The monoisotopic (exact) mass is 371 g/mol. The molecule has 0 spiro atoms. The van der Waals surface area contributed by atoms with Crippen LogP contribution >= 0.6 is 23.1 Å². The van der Waals surface area contributed by atoms with Crippen molar-refractivity contribution in [3.05, 3.63) is 87.9 Å². The molecule has 25 heavy (non-hydrogen) atoms. The molecule has 0 aliphatic heterocycles. The third kappa shape index (κ3) is 5.18. The molecule has 0 saturated carbocycles. The largest absolute Gasteiger partial charge is 0.352 e. The minimum Gasteiger partial charge on any atom is -0.352 e. The summed E-state index contributed by atoms with van der Waals surface area (Å²) < 4.78 is 13.2. The van der Waals surface area contributed by atoms with Crippen molar-refractivity contribution < 1.29 is 9.18 Å².